The van der Waals surface area contributed by atoms with Crippen molar-refractivity contribution >= 4 is 17.5 Å². The van der Waals surface area contributed by atoms with Gasteiger partial charge in [-0.1, -0.05) is 30.7 Å². The van der Waals surface area contributed by atoms with Gasteiger partial charge in [-0.2, -0.15) is 0 Å². The molecule has 1 aromatic rings. The van der Waals surface area contributed by atoms with Crippen LogP contribution in [0.4, 0.5) is 0 Å². The van der Waals surface area contributed by atoms with Crippen LogP contribution in [-0.4, -0.2) is 19.0 Å². The Hall–Kier alpha value is -1.06. The average Bonchev–Trinajstić information content (AvgIpc) is 2.37. The van der Waals surface area contributed by atoms with Crippen molar-refractivity contribution in [1.82, 2.24) is 5.32 Å². The van der Waals surface area contributed by atoms with Crippen molar-refractivity contribution in [3.05, 3.63) is 34.9 Å². The summed E-state index contributed by atoms with van der Waals surface area (Å²) in [6.07, 6.45) is 1.52. The number of amides is 1. The van der Waals surface area contributed by atoms with Gasteiger partial charge in [-0.3, -0.25) is 4.79 Å². The smallest absolute Gasteiger partial charge is 0.227 e. The first kappa shape index (κ1) is 15.0. The Balaban J connectivity index is 2.45. The van der Waals surface area contributed by atoms with E-state index in [-0.39, 0.29) is 5.91 Å². The second kappa shape index (κ2) is 6.76. The number of halogens is 1. The van der Waals surface area contributed by atoms with E-state index in [9.17, 15) is 4.79 Å². The van der Waals surface area contributed by atoms with Crippen LogP contribution in [0.15, 0.2) is 24.3 Å². The quantitative estimate of drug-likeness (QED) is 0.832. The van der Waals surface area contributed by atoms with Gasteiger partial charge >= 0.3 is 0 Å². The minimum absolute atomic E-state index is 0.0227. The van der Waals surface area contributed by atoms with E-state index in [1.54, 1.807) is 0 Å². The zero-order chi connectivity index (χ0) is 13.6. The molecule has 1 amide bonds. The molecule has 4 heteroatoms. The largest absolute Gasteiger partial charge is 0.355 e. The van der Waals surface area contributed by atoms with E-state index in [2.05, 4.69) is 5.32 Å². The lowest BCUT2D eigenvalue weighted by molar-refractivity contribution is -0.129. The molecule has 0 aliphatic carbocycles. The van der Waals surface area contributed by atoms with Crippen LogP contribution in [-0.2, 0) is 11.2 Å². The standard InChI is InChI=1S/C14H21ClN2O/c1-3-14(2,10-16)13(18)17-8-7-11-5-4-6-12(15)9-11/h4-6,9H,3,7-8,10,16H2,1-2H3,(H,17,18). The predicted molar refractivity (Wildman–Crippen MR) is 75.6 cm³/mol. The van der Waals surface area contributed by atoms with E-state index in [1.165, 1.54) is 0 Å². The van der Waals surface area contributed by atoms with Crippen molar-refractivity contribution in [2.45, 2.75) is 26.7 Å². The van der Waals surface area contributed by atoms with Gasteiger partial charge in [0.1, 0.15) is 0 Å². The molecule has 3 N–H and O–H groups in total. The van der Waals surface area contributed by atoms with Gasteiger partial charge in [0.05, 0.1) is 5.41 Å². The fourth-order valence-corrected chi connectivity index (χ4v) is 1.84. The van der Waals surface area contributed by atoms with Crippen molar-refractivity contribution in [2.24, 2.45) is 11.1 Å². The molecular weight excluding hydrogens is 248 g/mol. The van der Waals surface area contributed by atoms with Crippen LogP contribution in [0.5, 0.6) is 0 Å². The number of nitrogens with one attached hydrogen (secondary N) is 1. The van der Waals surface area contributed by atoms with Crippen molar-refractivity contribution in [3.8, 4) is 0 Å². The second-order valence-electron chi connectivity index (χ2n) is 4.75. The van der Waals surface area contributed by atoms with Crippen LogP contribution in [0.25, 0.3) is 0 Å². The van der Waals surface area contributed by atoms with E-state index in [0.29, 0.717) is 13.1 Å². The highest BCUT2D eigenvalue weighted by atomic mass is 35.5. The predicted octanol–water partition coefficient (Wildman–Crippen LogP) is 2.37. The summed E-state index contributed by atoms with van der Waals surface area (Å²) in [6.45, 7) is 4.84. The molecule has 1 rings (SSSR count). The fourth-order valence-electron chi connectivity index (χ4n) is 1.62. The van der Waals surface area contributed by atoms with Crippen molar-refractivity contribution in [3.63, 3.8) is 0 Å². The maximum Gasteiger partial charge on any atom is 0.227 e. The van der Waals surface area contributed by atoms with Crippen molar-refractivity contribution < 1.29 is 4.79 Å². The van der Waals surface area contributed by atoms with Crippen LogP contribution >= 0.6 is 11.6 Å². The lowest BCUT2D eigenvalue weighted by Crippen LogP contribution is -2.44. The lowest BCUT2D eigenvalue weighted by Gasteiger charge is -2.24. The molecule has 0 aliphatic rings. The third kappa shape index (κ3) is 4.00. The summed E-state index contributed by atoms with van der Waals surface area (Å²) in [5.41, 5.74) is 6.30. The van der Waals surface area contributed by atoms with E-state index in [0.717, 1.165) is 23.4 Å². The van der Waals surface area contributed by atoms with Crippen LogP contribution in [0.1, 0.15) is 25.8 Å². The summed E-state index contributed by atoms with van der Waals surface area (Å²) in [4.78, 5) is 12.0. The summed E-state index contributed by atoms with van der Waals surface area (Å²) in [6, 6.07) is 7.66. The average molecular weight is 269 g/mol. The molecular formula is C14H21ClN2O. The number of rotatable bonds is 6. The Morgan fingerprint density at radius 3 is 2.78 bits per heavy atom. The SMILES string of the molecule is CCC(C)(CN)C(=O)NCCc1cccc(Cl)c1. The van der Waals surface area contributed by atoms with E-state index in [1.807, 2.05) is 38.1 Å². The highest BCUT2D eigenvalue weighted by molar-refractivity contribution is 6.30. The fraction of sp³-hybridized carbons (Fsp3) is 0.500. The van der Waals surface area contributed by atoms with Crippen LogP contribution in [0, 0.1) is 5.41 Å². The lowest BCUT2D eigenvalue weighted by atomic mass is 9.86. The third-order valence-electron chi connectivity index (χ3n) is 3.37. The number of hydrogen-bond acceptors (Lipinski definition) is 2. The first-order valence-electron chi connectivity index (χ1n) is 6.24. The Morgan fingerprint density at radius 1 is 1.50 bits per heavy atom. The van der Waals surface area contributed by atoms with Gasteiger partial charge in [-0.05, 0) is 37.5 Å². The zero-order valence-corrected chi connectivity index (χ0v) is 11.8. The summed E-state index contributed by atoms with van der Waals surface area (Å²) in [5.74, 6) is 0.0227. The molecule has 0 bridgehead atoms. The highest BCUT2D eigenvalue weighted by Gasteiger charge is 2.28. The molecule has 3 nitrogen and oxygen atoms in total. The van der Waals surface area contributed by atoms with Crippen molar-refractivity contribution in [2.75, 3.05) is 13.1 Å². The maximum atomic E-state index is 12.0. The molecule has 1 unspecified atom stereocenters. The Kier molecular flexibility index (Phi) is 5.63. The second-order valence-corrected chi connectivity index (χ2v) is 5.19. The van der Waals surface area contributed by atoms with E-state index < -0.39 is 5.41 Å². The minimum Gasteiger partial charge on any atom is -0.355 e. The monoisotopic (exact) mass is 268 g/mol. The van der Waals surface area contributed by atoms with Gasteiger partial charge in [0.25, 0.3) is 0 Å². The maximum absolute atomic E-state index is 12.0. The first-order chi connectivity index (χ1) is 8.51. The molecule has 18 heavy (non-hydrogen) atoms. The molecule has 0 saturated heterocycles. The molecule has 0 spiro atoms. The minimum atomic E-state index is -0.464. The number of benzene rings is 1. The van der Waals surface area contributed by atoms with Gasteiger partial charge < -0.3 is 11.1 Å². The van der Waals surface area contributed by atoms with Gasteiger partial charge in [0, 0.05) is 18.1 Å². The molecule has 0 aromatic heterocycles. The zero-order valence-electron chi connectivity index (χ0n) is 11.0. The summed E-state index contributed by atoms with van der Waals surface area (Å²) in [5, 5.41) is 3.65. The van der Waals surface area contributed by atoms with Crippen LogP contribution < -0.4 is 11.1 Å². The summed E-state index contributed by atoms with van der Waals surface area (Å²) < 4.78 is 0. The molecule has 0 saturated carbocycles. The first-order valence-corrected chi connectivity index (χ1v) is 6.62. The van der Waals surface area contributed by atoms with Crippen LogP contribution in [0.3, 0.4) is 0 Å². The number of carbonyl (C=O) groups excluding carboxylic acids is 1. The van der Waals surface area contributed by atoms with Gasteiger partial charge in [0.15, 0.2) is 0 Å². The topological polar surface area (TPSA) is 55.1 Å². The molecule has 0 fully saturated rings. The Labute approximate surface area is 114 Å². The summed E-state index contributed by atoms with van der Waals surface area (Å²) in [7, 11) is 0. The molecule has 1 aromatic carbocycles. The molecule has 0 radical (unpaired) electrons. The van der Waals surface area contributed by atoms with Crippen LogP contribution in [0.2, 0.25) is 5.02 Å². The molecule has 0 heterocycles. The van der Waals surface area contributed by atoms with E-state index in [4.69, 9.17) is 17.3 Å². The highest BCUT2D eigenvalue weighted by Crippen LogP contribution is 2.19. The Morgan fingerprint density at radius 2 is 2.22 bits per heavy atom. The number of carbonyl (C=O) groups is 1. The van der Waals surface area contributed by atoms with Gasteiger partial charge in [-0.15, -0.1) is 0 Å². The molecule has 100 valence electrons. The number of hydrogen-bond donors (Lipinski definition) is 2. The Bertz CT molecular complexity index is 403. The third-order valence-corrected chi connectivity index (χ3v) is 3.60. The summed E-state index contributed by atoms with van der Waals surface area (Å²) >= 11 is 5.90. The molecule has 0 aliphatic heterocycles. The molecule has 1 atom stereocenters. The van der Waals surface area contributed by atoms with E-state index >= 15 is 0 Å². The van der Waals surface area contributed by atoms with Gasteiger partial charge in [-0.25, -0.2) is 0 Å². The van der Waals surface area contributed by atoms with Gasteiger partial charge in [0.2, 0.25) is 5.91 Å². The van der Waals surface area contributed by atoms with Crippen molar-refractivity contribution in [1.29, 1.82) is 0 Å². The normalized spacial score (nSPS) is 14.0. The number of nitrogens with two attached hydrogens (primary N) is 1.